The van der Waals surface area contributed by atoms with Crippen LogP contribution in [0.3, 0.4) is 0 Å². The lowest BCUT2D eigenvalue weighted by Crippen LogP contribution is -2.03. The minimum Gasteiger partial charge on any atom is -0.151 e. The van der Waals surface area contributed by atoms with Crippen LogP contribution in [-0.4, -0.2) is 6.04 Å². The quantitative estimate of drug-likeness (QED) is 0.389. The Morgan fingerprint density at radius 1 is 0.923 bits per heavy atom. The molecule has 13 heavy (non-hydrogen) atoms. The summed E-state index contributed by atoms with van der Waals surface area (Å²) in [6.45, 7) is 4.36. The van der Waals surface area contributed by atoms with Crippen molar-refractivity contribution < 1.29 is 0 Å². The monoisotopic (exact) mass is 185 g/mol. The van der Waals surface area contributed by atoms with Crippen molar-refractivity contribution in [1.82, 2.24) is 0 Å². The molecule has 0 saturated carbocycles. The third-order valence-corrected chi connectivity index (χ3v) is 2.43. The largest absolute Gasteiger partial charge is 0.151 e. The first-order valence-electron chi connectivity index (χ1n) is 5.67. The molecule has 0 aliphatic heterocycles. The van der Waals surface area contributed by atoms with Gasteiger partial charge in [-0.1, -0.05) is 57.5 Å². The third kappa shape index (κ3) is 7.94. The minimum atomic E-state index is 0.0955. The summed E-state index contributed by atoms with van der Waals surface area (Å²) in [7, 11) is 0. The van der Waals surface area contributed by atoms with E-state index in [4.69, 9.17) is 0 Å². The van der Waals surface area contributed by atoms with Gasteiger partial charge < -0.3 is 0 Å². The van der Waals surface area contributed by atoms with Gasteiger partial charge in [0.1, 0.15) is 0 Å². The molecular formula is C11H23NO. The van der Waals surface area contributed by atoms with E-state index in [9.17, 15) is 4.91 Å². The molecule has 0 saturated heterocycles. The first-order valence-corrected chi connectivity index (χ1v) is 5.67. The average Bonchev–Trinajstić information content (AvgIpc) is 2.16. The fourth-order valence-electron chi connectivity index (χ4n) is 1.51. The molecule has 0 aromatic heterocycles. The lowest BCUT2D eigenvalue weighted by molar-refractivity contribution is 0.502. The highest BCUT2D eigenvalue weighted by Crippen LogP contribution is 2.13. The van der Waals surface area contributed by atoms with Crippen LogP contribution in [0, 0.1) is 4.91 Å². The van der Waals surface area contributed by atoms with Crippen molar-refractivity contribution in [2.75, 3.05) is 0 Å². The Labute approximate surface area is 82.1 Å². The van der Waals surface area contributed by atoms with E-state index in [1.54, 1.807) is 0 Å². The van der Waals surface area contributed by atoms with Crippen LogP contribution < -0.4 is 0 Å². The summed E-state index contributed by atoms with van der Waals surface area (Å²) in [6.07, 6.45) is 9.25. The molecule has 0 atom stereocenters. The summed E-state index contributed by atoms with van der Waals surface area (Å²) in [5, 5.41) is 3.18. The summed E-state index contributed by atoms with van der Waals surface area (Å²) < 4.78 is 0. The second kappa shape index (κ2) is 9.69. The molecule has 0 bridgehead atoms. The molecule has 0 rings (SSSR count). The minimum absolute atomic E-state index is 0.0955. The molecule has 0 heterocycles. The van der Waals surface area contributed by atoms with Gasteiger partial charge in [0.2, 0.25) is 0 Å². The smallest absolute Gasteiger partial charge is 0.0919 e. The fraction of sp³-hybridized carbons (Fsp3) is 1.00. The van der Waals surface area contributed by atoms with Crippen molar-refractivity contribution >= 4 is 0 Å². The predicted octanol–water partition coefficient (Wildman–Crippen LogP) is 4.28. The molecule has 0 spiro atoms. The van der Waals surface area contributed by atoms with Gasteiger partial charge in [-0.15, -0.1) is 0 Å². The van der Waals surface area contributed by atoms with Crippen molar-refractivity contribution in [2.45, 2.75) is 71.3 Å². The van der Waals surface area contributed by atoms with Crippen molar-refractivity contribution in [3.05, 3.63) is 4.91 Å². The van der Waals surface area contributed by atoms with E-state index in [0.717, 1.165) is 12.8 Å². The zero-order chi connectivity index (χ0) is 9.94. The van der Waals surface area contributed by atoms with Crippen LogP contribution in [0.4, 0.5) is 0 Å². The van der Waals surface area contributed by atoms with Gasteiger partial charge in [-0.3, -0.25) is 0 Å². The Morgan fingerprint density at radius 3 is 1.69 bits per heavy atom. The van der Waals surface area contributed by atoms with Crippen molar-refractivity contribution in [3.63, 3.8) is 0 Å². The summed E-state index contributed by atoms with van der Waals surface area (Å²) in [5.74, 6) is 0. The van der Waals surface area contributed by atoms with Crippen LogP contribution in [0.15, 0.2) is 5.18 Å². The highest BCUT2D eigenvalue weighted by molar-refractivity contribution is 4.65. The van der Waals surface area contributed by atoms with Gasteiger partial charge in [0.25, 0.3) is 0 Å². The molecule has 0 radical (unpaired) electrons. The highest BCUT2D eigenvalue weighted by atomic mass is 16.3. The van der Waals surface area contributed by atoms with Crippen LogP contribution in [0.25, 0.3) is 0 Å². The number of unbranched alkanes of at least 4 members (excludes halogenated alkanes) is 4. The van der Waals surface area contributed by atoms with Crippen LogP contribution >= 0.6 is 0 Å². The first kappa shape index (κ1) is 12.6. The lowest BCUT2D eigenvalue weighted by atomic mass is 10.0. The number of hydrogen-bond acceptors (Lipinski definition) is 2. The van der Waals surface area contributed by atoms with Gasteiger partial charge >= 0.3 is 0 Å². The van der Waals surface area contributed by atoms with Gasteiger partial charge in [-0.05, 0) is 12.8 Å². The second-order valence-electron chi connectivity index (χ2n) is 3.75. The maximum atomic E-state index is 10.4. The van der Waals surface area contributed by atoms with Crippen molar-refractivity contribution in [1.29, 1.82) is 0 Å². The van der Waals surface area contributed by atoms with E-state index in [0.29, 0.717) is 0 Å². The average molecular weight is 185 g/mol. The molecule has 0 aliphatic rings. The maximum Gasteiger partial charge on any atom is 0.0919 e. The van der Waals surface area contributed by atoms with E-state index < -0.39 is 0 Å². The van der Waals surface area contributed by atoms with E-state index >= 15 is 0 Å². The Balaban J connectivity index is 3.34. The standard InChI is InChI=1S/C11H23NO/c1-3-5-7-9-11(12-13)10-8-6-4-2/h11H,3-10H2,1-2H3. The molecule has 0 aromatic rings. The van der Waals surface area contributed by atoms with Gasteiger partial charge in [-0.25, -0.2) is 0 Å². The molecule has 2 heteroatoms. The normalized spacial score (nSPS) is 10.7. The fourth-order valence-corrected chi connectivity index (χ4v) is 1.51. The SMILES string of the molecule is CCCCCC(CCCCC)N=O. The number of hydrogen-bond donors (Lipinski definition) is 0. The van der Waals surface area contributed by atoms with Gasteiger partial charge in [0.15, 0.2) is 0 Å². The van der Waals surface area contributed by atoms with E-state index in [1.165, 1.54) is 38.5 Å². The number of nitroso groups, excluding NO2 is 1. The molecule has 0 amide bonds. The Kier molecular flexibility index (Phi) is 9.39. The molecule has 0 aromatic carbocycles. The van der Waals surface area contributed by atoms with E-state index in [-0.39, 0.29) is 6.04 Å². The summed E-state index contributed by atoms with van der Waals surface area (Å²) in [6, 6.07) is 0.0955. The van der Waals surface area contributed by atoms with Crippen molar-refractivity contribution in [2.24, 2.45) is 5.18 Å². The van der Waals surface area contributed by atoms with Gasteiger partial charge in [0.05, 0.1) is 6.04 Å². The molecule has 0 fully saturated rings. The van der Waals surface area contributed by atoms with Gasteiger partial charge in [0, 0.05) is 0 Å². The Bertz CT molecular complexity index is 105. The number of rotatable bonds is 9. The van der Waals surface area contributed by atoms with Crippen LogP contribution in [0.1, 0.15) is 65.2 Å². The topological polar surface area (TPSA) is 29.4 Å². The zero-order valence-corrected chi connectivity index (χ0v) is 9.09. The molecular weight excluding hydrogens is 162 g/mol. The van der Waals surface area contributed by atoms with Crippen LogP contribution in [0.2, 0.25) is 0 Å². The second-order valence-corrected chi connectivity index (χ2v) is 3.75. The summed E-state index contributed by atoms with van der Waals surface area (Å²) in [4.78, 5) is 10.4. The predicted molar refractivity (Wildman–Crippen MR) is 57.9 cm³/mol. The molecule has 0 N–H and O–H groups in total. The zero-order valence-electron chi connectivity index (χ0n) is 9.09. The third-order valence-electron chi connectivity index (χ3n) is 2.43. The first-order chi connectivity index (χ1) is 6.35. The van der Waals surface area contributed by atoms with E-state index in [2.05, 4.69) is 19.0 Å². The van der Waals surface area contributed by atoms with Crippen molar-refractivity contribution in [3.8, 4) is 0 Å². The summed E-state index contributed by atoms with van der Waals surface area (Å²) >= 11 is 0. The lowest BCUT2D eigenvalue weighted by Gasteiger charge is -2.07. The van der Waals surface area contributed by atoms with E-state index in [1.807, 2.05) is 0 Å². The summed E-state index contributed by atoms with van der Waals surface area (Å²) in [5.41, 5.74) is 0. The Hall–Kier alpha value is -0.400. The van der Waals surface area contributed by atoms with Crippen LogP contribution in [0.5, 0.6) is 0 Å². The maximum absolute atomic E-state index is 10.4. The molecule has 0 unspecified atom stereocenters. The number of nitrogens with zero attached hydrogens (tertiary/aromatic N) is 1. The highest BCUT2D eigenvalue weighted by Gasteiger charge is 2.06. The molecule has 78 valence electrons. The molecule has 2 nitrogen and oxygen atoms in total. The Morgan fingerprint density at radius 2 is 1.38 bits per heavy atom. The molecule has 0 aliphatic carbocycles. The van der Waals surface area contributed by atoms with Gasteiger partial charge in [-0.2, -0.15) is 4.91 Å². The van der Waals surface area contributed by atoms with Crippen LogP contribution in [-0.2, 0) is 0 Å².